The van der Waals surface area contributed by atoms with Crippen molar-refractivity contribution in [2.75, 3.05) is 0 Å². The van der Waals surface area contributed by atoms with E-state index in [4.69, 9.17) is 5.11 Å². The van der Waals surface area contributed by atoms with E-state index in [1.165, 1.54) is 6.07 Å². The summed E-state index contributed by atoms with van der Waals surface area (Å²) >= 11 is 0. The molecule has 1 aromatic rings. The van der Waals surface area contributed by atoms with Gasteiger partial charge in [0.1, 0.15) is 0 Å². The summed E-state index contributed by atoms with van der Waals surface area (Å²) in [6.07, 6.45) is 2.51. The monoisotopic (exact) mass is 167 g/mol. The molecular formula is C9H13NO2. The number of nitrogens with one attached hydrogen (secondary N) is 1. The highest BCUT2D eigenvalue weighted by Crippen LogP contribution is 2.09. The summed E-state index contributed by atoms with van der Waals surface area (Å²) in [6.45, 7) is 4.17. The molecule has 2 N–H and O–H groups in total. The molecular weight excluding hydrogens is 154 g/mol. The minimum Gasteiger partial charge on any atom is -0.503 e. The van der Waals surface area contributed by atoms with Crippen molar-refractivity contribution in [2.24, 2.45) is 5.92 Å². The van der Waals surface area contributed by atoms with Gasteiger partial charge < -0.3 is 10.1 Å². The van der Waals surface area contributed by atoms with Gasteiger partial charge in [0.05, 0.1) is 0 Å². The molecule has 3 nitrogen and oxygen atoms in total. The summed E-state index contributed by atoms with van der Waals surface area (Å²) in [5, 5.41) is 9.07. The van der Waals surface area contributed by atoms with E-state index in [0.29, 0.717) is 5.92 Å². The lowest BCUT2D eigenvalue weighted by atomic mass is 10.1. The molecule has 12 heavy (non-hydrogen) atoms. The predicted octanol–water partition coefficient (Wildman–Crippen LogP) is 1.28. The molecule has 0 bridgehead atoms. The Kier molecular flexibility index (Phi) is 2.53. The third-order valence-corrected chi connectivity index (χ3v) is 1.59. The molecule has 3 heteroatoms. The van der Waals surface area contributed by atoms with Gasteiger partial charge in [-0.2, -0.15) is 0 Å². The molecule has 0 aliphatic rings. The summed E-state index contributed by atoms with van der Waals surface area (Å²) < 4.78 is 0. The Labute approximate surface area is 71.1 Å². The number of hydrogen-bond acceptors (Lipinski definition) is 2. The van der Waals surface area contributed by atoms with Crippen LogP contribution in [0.5, 0.6) is 5.75 Å². The Morgan fingerprint density at radius 2 is 2.25 bits per heavy atom. The molecule has 1 rings (SSSR count). The lowest BCUT2D eigenvalue weighted by Gasteiger charge is -2.03. The lowest BCUT2D eigenvalue weighted by Crippen LogP contribution is -2.06. The second kappa shape index (κ2) is 3.43. The number of rotatable bonds is 2. The molecule has 0 aromatic carbocycles. The van der Waals surface area contributed by atoms with Crippen molar-refractivity contribution in [1.82, 2.24) is 4.98 Å². The maximum absolute atomic E-state index is 10.8. The predicted molar refractivity (Wildman–Crippen MR) is 47.3 cm³/mol. The van der Waals surface area contributed by atoms with Gasteiger partial charge in [0.25, 0.3) is 5.56 Å². The molecule has 66 valence electrons. The number of pyridine rings is 1. The van der Waals surface area contributed by atoms with Gasteiger partial charge in [0, 0.05) is 6.20 Å². The van der Waals surface area contributed by atoms with E-state index in [1.54, 1.807) is 6.20 Å². The van der Waals surface area contributed by atoms with Crippen molar-refractivity contribution in [3.05, 3.63) is 28.2 Å². The van der Waals surface area contributed by atoms with E-state index < -0.39 is 5.56 Å². The molecule has 0 spiro atoms. The van der Waals surface area contributed by atoms with Crippen LogP contribution < -0.4 is 5.56 Å². The van der Waals surface area contributed by atoms with Crippen LogP contribution in [0.15, 0.2) is 17.1 Å². The summed E-state index contributed by atoms with van der Waals surface area (Å²) in [7, 11) is 0. The van der Waals surface area contributed by atoms with Gasteiger partial charge >= 0.3 is 0 Å². The van der Waals surface area contributed by atoms with Gasteiger partial charge in [0.2, 0.25) is 0 Å². The largest absolute Gasteiger partial charge is 0.503 e. The van der Waals surface area contributed by atoms with Crippen molar-refractivity contribution < 1.29 is 5.11 Å². The number of hydrogen-bond donors (Lipinski definition) is 2. The molecule has 0 fully saturated rings. The van der Waals surface area contributed by atoms with Crippen LogP contribution in [0.2, 0.25) is 0 Å². The molecule has 0 unspecified atom stereocenters. The zero-order valence-corrected chi connectivity index (χ0v) is 7.29. The summed E-state index contributed by atoms with van der Waals surface area (Å²) in [5.41, 5.74) is 0.532. The first-order valence-electron chi connectivity index (χ1n) is 4.00. The molecule has 0 atom stereocenters. The van der Waals surface area contributed by atoms with E-state index in [9.17, 15) is 4.79 Å². The standard InChI is InChI=1S/C9H13NO2/c1-6(2)3-7-4-8(11)9(12)10-5-7/h4-6,11H,3H2,1-2H3,(H,10,12). The summed E-state index contributed by atoms with van der Waals surface area (Å²) in [5.74, 6) is 0.323. The van der Waals surface area contributed by atoms with Gasteiger partial charge in [-0.3, -0.25) is 4.79 Å². The van der Waals surface area contributed by atoms with Gasteiger partial charge in [-0.15, -0.1) is 0 Å². The fourth-order valence-electron chi connectivity index (χ4n) is 1.10. The Balaban J connectivity index is 2.90. The Morgan fingerprint density at radius 3 is 2.75 bits per heavy atom. The van der Waals surface area contributed by atoms with Crippen molar-refractivity contribution in [3.63, 3.8) is 0 Å². The van der Waals surface area contributed by atoms with Crippen LogP contribution in [0.3, 0.4) is 0 Å². The highest BCUT2D eigenvalue weighted by Gasteiger charge is 2.00. The normalized spacial score (nSPS) is 10.6. The minimum absolute atomic E-state index is 0.201. The minimum atomic E-state index is -0.428. The topological polar surface area (TPSA) is 53.1 Å². The molecule has 0 aliphatic carbocycles. The van der Waals surface area contributed by atoms with Crippen LogP contribution >= 0.6 is 0 Å². The highest BCUT2D eigenvalue weighted by atomic mass is 16.3. The van der Waals surface area contributed by atoms with E-state index in [1.807, 2.05) is 0 Å². The quantitative estimate of drug-likeness (QED) is 0.697. The van der Waals surface area contributed by atoms with Crippen molar-refractivity contribution in [3.8, 4) is 5.75 Å². The molecule has 1 heterocycles. The second-order valence-electron chi connectivity index (χ2n) is 3.32. The third-order valence-electron chi connectivity index (χ3n) is 1.59. The van der Waals surface area contributed by atoms with Crippen LogP contribution in [0.25, 0.3) is 0 Å². The summed E-state index contributed by atoms with van der Waals surface area (Å²) in [4.78, 5) is 13.2. The zero-order valence-electron chi connectivity index (χ0n) is 7.29. The first kappa shape index (κ1) is 8.84. The first-order valence-corrected chi connectivity index (χ1v) is 4.00. The molecule has 0 aliphatic heterocycles. The van der Waals surface area contributed by atoms with E-state index >= 15 is 0 Å². The van der Waals surface area contributed by atoms with E-state index in [0.717, 1.165) is 12.0 Å². The van der Waals surface area contributed by atoms with Crippen molar-refractivity contribution in [2.45, 2.75) is 20.3 Å². The molecule has 0 amide bonds. The maximum atomic E-state index is 10.8. The van der Waals surface area contributed by atoms with Gasteiger partial charge in [-0.25, -0.2) is 0 Å². The van der Waals surface area contributed by atoms with Crippen LogP contribution in [-0.2, 0) is 6.42 Å². The Morgan fingerprint density at radius 1 is 1.58 bits per heavy atom. The van der Waals surface area contributed by atoms with Gasteiger partial charge in [0.15, 0.2) is 5.75 Å². The maximum Gasteiger partial charge on any atom is 0.290 e. The van der Waals surface area contributed by atoms with E-state index in [2.05, 4.69) is 18.8 Å². The van der Waals surface area contributed by atoms with Crippen LogP contribution in [0.1, 0.15) is 19.4 Å². The first-order chi connectivity index (χ1) is 5.59. The third kappa shape index (κ3) is 2.12. The van der Waals surface area contributed by atoms with E-state index in [-0.39, 0.29) is 5.75 Å². The Bertz CT molecular complexity index is 315. The summed E-state index contributed by atoms with van der Waals surface area (Å²) in [6, 6.07) is 1.51. The van der Waals surface area contributed by atoms with Crippen LogP contribution in [-0.4, -0.2) is 10.1 Å². The molecule has 1 aromatic heterocycles. The number of aromatic nitrogens is 1. The second-order valence-corrected chi connectivity index (χ2v) is 3.32. The Hall–Kier alpha value is -1.25. The zero-order chi connectivity index (χ0) is 9.14. The SMILES string of the molecule is CC(C)Cc1c[nH]c(=O)c(O)c1. The van der Waals surface area contributed by atoms with Gasteiger partial charge in [-0.1, -0.05) is 13.8 Å². The molecule has 0 saturated heterocycles. The van der Waals surface area contributed by atoms with Gasteiger partial charge in [-0.05, 0) is 24.0 Å². The number of aromatic hydroxyl groups is 1. The lowest BCUT2D eigenvalue weighted by molar-refractivity contribution is 0.465. The molecule has 0 radical (unpaired) electrons. The smallest absolute Gasteiger partial charge is 0.290 e. The fraction of sp³-hybridized carbons (Fsp3) is 0.444. The molecule has 0 saturated carbocycles. The van der Waals surface area contributed by atoms with Crippen molar-refractivity contribution >= 4 is 0 Å². The van der Waals surface area contributed by atoms with Crippen LogP contribution in [0.4, 0.5) is 0 Å². The number of H-pyrrole nitrogens is 1. The fourth-order valence-corrected chi connectivity index (χ4v) is 1.10. The highest BCUT2D eigenvalue weighted by molar-refractivity contribution is 5.22. The van der Waals surface area contributed by atoms with Crippen molar-refractivity contribution in [1.29, 1.82) is 0 Å². The average molecular weight is 167 g/mol. The number of aromatic amines is 1. The average Bonchev–Trinajstić information content (AvgIpc) is 1.96. The van der Waals surface area contributed by atoms with Crippen LogP contribution in [0, 0.1) is 5.92 Å².